The average Bonchev–Trinajstić information content (AvgIpc) is 2.75. The molecule has 7 heteroatoms. The van der Waals surface area contributed by atoms with Gasteiger partial charge in [-0.2, -0.15) is 5.10 Å². The topological polar surface area (TPSA) is 80.4 Å². The quantitative estimate of drug-likeness (QED) is 0.522. The van der Waals surface area contributed by atoms with Crippen molar-refractivity contribution in [2.24, 2.45) is 5.10 Å². The van der Waals surface area contributed by atoms with E-state index >= 15 is 0 Å². The molecule has 0 saturated carbocycles. The SMILES string of the molecule is Cc1csc(N/N=C\c2cccc([N+](=O)[O-])c2)n1. The Morgan fingerprint density at radius 1 is 1.56 bits per heavy atom. The molecule has 2 rings (SSSR count). The fourth-order valence-corrected chi connectivity index (χ4v) is 1.92. The summed E-state index contributed by atoms with van der Waals surface area (Å²) >= 11 is 1.45. The Morgan fingerprint density at radius 3 is 3.06 bits per heavy atom. The molecule has 0 spiro atoms. The number of non-ortho nitro benzene ring substituents is 1. The van der Waals surface area contributed by atoms with E-state index < -0.39 is 4.92 Å². The van der Waals surface area contributed by atoms with Crippen LogP contribution in [-0.2, 0) is 0 Å². The van der Waals surface area contributed by atoms with Crippen molar-refractivity contribution >= 4 is 28.4 Å². The zero-order valence-corrected chi connectivity index (χ0v) is 10.3. The molecule has 0 atom stereocenters. The molecular weight excluding hydrogens is 252 g/mol. The van der Waals surface area contributed by atoms with Crippen LogP contribution in [0.5, 0.6) is 0 Å². The molecule has 1 aromatic heterocycles. The number of thiazole rings is 1. The van der Waals surface area contributed by atoms with Crippen LogP contribution in [0.4, 0.5) is 10.8 Å². The van der Waals surface area contributed by atoms with Crippen molar-refractivity contribution in [2.45, 2.75) is 6.92 Å². The first-order valence-electron chi connectivity index (χ1n) is 5.11. The third-order valence-corrected chi connectivity index (χ3v) is 2.94. The van der Waals surface area contributed by atoms with Gasteiger partial charge in [-0.3, -0.25) is 15.5 Å². The molecule has 0 bridgehead atoms. The Balaban J connectivity index is 2.04. The molecule has 0 aliphatic carbocycles. The van der Waals surface area contributed by atoms with Crippen LogP contribution < -0.4 is 5.43 Å². The average molecular weight is 262 g/mol. The maximum atomic E-state index is 10.6. The molecule has 0 aliphatic rings. The predicted molar refractivity (Wildman–Crippen MR) is 71.2 cm³/mol. The van der Waals surface area contributed by atoms with Crippen LogP contribution in [-0.4, -0.2) is 16.1 Å². The minimum atomic E-state index is -0.436. The highest BCUT2D eigenvalue weighted by molar-refractivity contribution is 7.13. The fraction of sp³-hybridized carbons (Fsp3) is 0.0909. The highest BCUT2D eigenvalue weighted by Crippen LogP contribution is 2.14. The number of nitro benzene ring substituents is 1. The molecule has 6 nitrogen and oxygen atoms in total. The Morgan fingerprint density at radius 2 is 2.39 bits per heavy atom. The number of hydrogen-bond donors (Lipinski definition) is 1. The molecule has 1 aromatic carbocycles. The molecule has 0 amide bonds. The van der Waals surface area contributed by atoms with E-state index in [1.807, 2.05) is 12.3 Å². The highest BCUT2D eigenvalue weighted by atomic mass is 32.1. The zero-order valence-electron chi connectivity index (χ0n) is 9.53. The van der Waals surface area contributed by atoms with Gasteiger partial charge in [-0.15, -0.1) is 11.3 Å². The summed E-state index contributed by atoms with van der Waals surface area (Å²) in [4.78, 5) is 14.3. The lowest BCUT2D eigenvalue weighted by Gasteiger charge is -1.95. The van der Waals surface area contributed by atoms with E-state index in [9.17, 15) is 10.1 Å². The summed E-state index contributed by atoms with van der Waals surface area (Å²) in [6.07, 6.45) is 1.52. The van der Waals surface area contributed by atoms with Crippen molar-refractivity contribution in [2.75, 3.05) is 5.43 Å². The van der Waals surface area contributed by atoms with Crippen LogP contribution in [0, 0.1) is 17.0 Å². The number of benzene rings is 1. The molecule has 1 N–H and O–H groups in total. The number of nitrogens with one attached hydrogen (secondary N) is 1. The standard InChI is InChI=1S/C11H10N4O2S/c1-8-7-18-11(13-8)14-12-6-9-3-2-4-10(5-9)15(16)17/h2-7H,1H3,(H,13,14)/b12-6-. The second-order valence-electron chi connectivity index (χ2n) is 3.52. The van der Waals surface area contributed by atoms with Gasteiger partial charge < -0.3 is 0 Å². The van der Waals surface area contributed by atoms with E-state index in [-0.39, 0.29) is 5.69 Å². The number of aromatic nitrogens is 1. The Labute approximate surface area is 107 Å². The molecule has 0 radical (unpaired) electrons. The summed E-state index contributed by atoms with van der Waals surface area (Å²) in [6, 6.07) is 6.26. The number of hydrazone groups is 1. The molecule has 18 heavy (non-hydrogen) atoms. The van der Waals surface area contributed by atoms with Gasteiger partial charge in [0.15, 0.2) is 0 Å². The molecule has 0 fully saturated rings. The predicted octanol–water partition coefficient (Wildman–Crippen LogP) is 2.81. The van der Waals surface area contributed by atoms with Gasteiger partial charge >= 0.3 is 0 Å². The number of rotatable bonds is 4. The van der Waals surface area contributed by atoms with Crippen molar-refractivity contribution in [3.05, 3.63) is 51.0 Å². The maximum Gasteiger partial charge on any atom is 0.270 e. The van der Waals surface area contributed by atoms with Crippen LogP contribution in [0.15, 0.2) is 34.7 Å². The number of hydrogen-bond acceptors (Lipinski definition) is 6. The normalized spacial score (nSPS) is 10.7. The number of aryl methyl sites for hydroxylation is 1. The number of nitro groups is 1. The monoisotopic (exact) mass is 262 g/mol. The molecule has 2 aromatic rings. The van der Waals surface area contributed by atoms with Crippen molar-refractivity contribution in [3.63, 3.8) is 0 Å². The summed E-state index contributed by atoms with van der Waals surface area (Å²) in [5, 5.41) is 17.2. The first-order chi connectivity index (χ1) is 8.65. The van der Waals surface area contributed by atoms with Gasteiger partial charge in [0, 0.05) is 23.1 Å². The van der Waals surface area contributed by atoms with E-state index in [1.54, 1.807) is 12.1 Å². The van der Waals surface area contributed by atoms with Crippen molar-refractivity contribution in [3.8, 4) is 0 Å². The van der Waals surface area contributed by atoms with Gasteiger partial charge in [0.1, 0.15) is 0 Å². The third-order valence-electron chi connectivity index (χ3n) is 2.07. The molecule has 0 aliphatic heterocycles. The minimum absolute atomic E-state index is 0.0454. The smallest absolute Gasteiger partial charge is 0.258 e. The Kier molecular flexibility index (Phi) is 3.63. The molecule has 0 unspecified atom stereocenters. The van der Waals surface area contributed by atoms with Crippen LogP contribution in [0.2, 0.25) is 0 Å². The number of nitrogens with zero attached hydrogens (tertiary/aromatic N) is 3. The maximum absolute atomic E-state index is 10.6. The molecular formula is C11H10N4O2S. The summed E-state index contributed by atoms with van der Waals surface area (Å²) in [7, 11) is 0. The van der Waals surface area contributed by atoms with Crippen LogP contribution >= 0.6 is 11.3 Å². The van der Waals surface area contributed by atoms with Gasteiger partial charge in [0.25, 0.3) is 5.69 Å². The van der Waals surface area contributed by atoms with Gasteiger partial charge in [-0.25, -0.2) is 4.98 Å². The van der Waals surface area contributed by atoms with Gasteiger partial charge in [0.05, 0.1) is 16.8 Å². The van der Waals surface area contributed by atoms with E-state index in [2.05, 4.69) is 15.5 Å². The summed E-state index contributed by atoms with van der Waals surface area (Å²) in [5.74, 6) is 0. The molecule has 0 saturated heterocycles. The fourth-order valence-electron chi connectivity index (χ4n) is 1.29. The van der Waals surface area contributed by atoms with E-state index in [0.717, 1.165) is 5.69 Å². The Bertz CT molecular complexity index is 594. The summed E-state index contributed by atoms with van der Waals surface area (Å²) in [5.41, 5.74) is 4.40. The zero-order chi connectivity index (χ0) is 13.0. The lowest BCUT2D eigenvalue weighted by molar-refractivity contribution is -0.384. The second-order valence-corrected chi connectivity index (χ2v) is 4.37. The Hall–Kier alpha value is -2.28. The third kappa shape index (κ3) is 3.11. The molecule has 92 valence electrons. The first-order valence-corrected chi connectivity index (χ1v) is 5.99. The van der Waals surface area contributed by atoms with E-state index in [4.69, 9.17) is 0 Å². The van der Waals surface area contributed by atoms with Gasteiger partial charge in [-0.05, 0) is 6.92 Å². The summed E-state index contributed by atoms with van der Waals surface area (Å²) < 4.78 is 0. The molecule has 1 heterocycles. The van der Waals surface area contributed by atoms with Crippen molar-refractivity contribution < 1.29 is 4.92 Å². The summed E-state index contributed by atoms with van der Waals surface area (Å²) in [6.45, 7) is 1.89. The highest BCUT2D eigenvalue weighted by Gasteiger charge is 2.03. The lowest BCUT2D eigenvalue weighted by atomic mass is 10.2. The lowest BCUT2D eigenvalue weighted by Crippen LogP contribution is -1.92. The van der Waals surface area contributed by atoms with Crippen molar-refractivity contribution in [1.29, 1.82) is 0 Å². The van der Waals surface area contributed by atoms with Gasteiger partial charge in [-0.1, -0.05) is 12.1 Å². The second kappa shape index (κ2) is 5.37. The van der Waals surface area contributed by atoms with Crippen LogP contribution in [0.25, 0.3) is 0 Å². The van der Waals surface area contributed by atoms with Crippen molar-refractivity contribution in [1.82, 2.24) is 4.98 Å². The van der Waals surface area contributed by atoms with Crippen LogP contribution in [0.3, 0.4) is 0 Å². The van der Waals surface area contributed by atoms with Gasteiger partial charge in [0.2, 0.25) is 5.13 Å². The largest absolute Gasteiger partial charge is 0.270 e. The van der Waals surface area contributed by atoms with Crippen LogP contribution in [0.1, 0.15) is 11.3 Å². The first kappa shape index (κ1) is 12.2. The number of anilines is 1. The van der Waals surface area contributed by atoms with E-state index in [0.29, 0.717) is 10.7 Å². The minimum Gasteiger partial charge on any atom is -0.258 e. The van der Waals surface area contributed by atoms with E-state index in [1.165, 1.54) is 29.7 Å².